The fourth-order valence-electron chi connectivity index (χ4n) is 13.7. The molecule has 1 aliphatic carbocycles. The number of carbonyl (C=O) groups is 4. The fourth-order valence-corrected chi connectivity index (χ4v) is 15.6. The van der Waals surface area contributed by atoms with E-state index < -0.39 is 57.6 Å². The predicted octanol–water partition coefficient (Wildman–Crippen LogP) is 3.86. The average molecular weight is 977 g/mol. The molecule has 2 aromatic carbocycles. The first-order valence-corrected chi connectivity index (χ1v) is 26.2. The highest BCUT2D eigenvalue weighted by atomic mass is 33.1. The van der Waals surface area contributed by atoms with Crippen molar-refractivity contribution in [2.24, 2.45) is 11.3 Å². The van der Waals surface area contributed by atoms with E-state index in [1.165, 1.54) is 21.6 Å². The fraction of sp³-hybridized carbons (Fsp3) is 0.592. The van der Waals surface area contributed by atoms with E-state index in [0.29, 0.717) is 87.6 Å². The second kappa shape index (κ2) is 18.7. The van der Waals surface area contributed by atoms with Crippen molar-refractivity contribution in [2.45, 2.75) is 99.0 Å². The van der Waals surface area contributed by atoms with Gasteiger partial charge in [-0.3, -0.25) is 29.6 Å². The third kappa shape index (κ3) is 7.65. The lowest BCUT2D eigenvalue weighted by Crippen LogP contribution is -2.82. The van der Waals surface area contributed by atoms with Crippen LogP contribution in [0, 0.1) is 11.3 Å². The molecule has 2 bridgehead atoms. The van der Waals surface area contributed by atoms with Crippen molar-refractivity contribution < 1.29 is 53.8 Å². The molecule has 2 saturated heterocycles. The average Bonchev–Trinajstić information content (AvgIpc) is 4.00. The zero-order valence-corrected chi connectivity index (χ0v) is 40.8. The summed E-state index contributed by atoms with van der Waals surface area (Å²) in [5.41, 5.74) is 3.46. The van der Waals surface area contributed by atoms with E-state index in [1.54, 1.807) is 7.11 Å². The van der Waals surface area contributed by atoms with Crippen molar-refractivity contribution in [2.75, 3.05) is 76.5 Å². The number of anilines is 1. The molecule has 0 radical (unpaired) electrons. The van der Waals surface area contributed by atoms with Gasteiger partial charge in [0.15, 0.2) is 5.60 Å². The first-order chi connectivity index (χ1) is 32.7. The van der Waals surface area contributed by atoms with Crippen molar-refractivity contribution in [1.29, 1.82) is 0 Å². The number of rotatable bonds is 15. The molecular weight excluding hydrogens is 913 g/mol. The van der Waals surface area contributed by atoms with Crippen molar-refractivity contribution in [3.05, 3.63) is 70.9 Å². The number of likely N-dealkylation sites (N-methyl/N-ethyl adjacent to an activating group) is 1. The van der Waals surface area contributed by atoms with Gasteiger partial charge < -0.3 is 44.5 Å². The number of hydrogen-bond donors (Lipinski definition) is 7. The smallest absolute Gasteiger partial charge is 0.426 e. The summed E-state index contributed by atoms with van der Waals surface area (Å²) >= 11 is 0. The number of para-hydroxylation sites is 1. The molecule has 10 atom stereocenters. The predicted molar refractivity (Wildman–Crippen MR) is 259 cm³/mol. The van der Waals surface area contributed by atoms with E-state index in [2.05, 4.69) is 43.8 Å². The number of nitrogens with zero attached hydrogens (tertiary/aromatic N) is 3. The molecule has 9 rings (SSSR count). The number of fused-ring (bicyclic) bond motifs is 6. The summed E-state index contributed by atoms with van der Waals surface area (Å²) in [7, 11) is 6.13. The molecule has 2 unspecified atom stereocenters. The van der Waals surface area contributed by atoms with Crippen LogP contribution in [0.2, 0.25) is 0 Å². The summed E-state index contributed by atoms with van der Waals surface area (Å²) < 4.78 is 17.7. The van der Waals surface area contributed by atoms with Gasteiger partial charge in [-0.05, 0) is 74.2 Å². The number of carbonyl (C=O) groups excluding carboxylic acids is 3. The van der Waals surface area contributed by atoms with Crippen LogP contribution in [0.3, 0.4) is 0 Å². The van der Waals surface area contributed by atoms with E-state index in [9.17, 15) is 34.5 Å². The number of methoxy groups -OCH3 is 1. The van der Waals surface area contributed by atoms with E-state index >= 15 is 0 Å². The number of aliphatic hydroxyl groups is 3. The van der Waals surface area contributed by atoms with Gasteiger partial charge in [-0.25, -0.2) is 10.2 Å². The maximum atomic E-state index is 14.9. The van der Waals surface area contributed by atoms with Crippen molar-refractivity contribution >= 4 is 62.6 Å². The molecule has 1 saturated carbocycles. The van der Waals surface area contributed by atoms with Crippen LogP contribution >= 0.6 is 21.6 Å². The van der Waals surface area contributed by atoms with Gasteiger partial charge in [-0.1, -0.05) is 65.8 Å². The number of benzene rings is 2. The minimum atomic E-state index is -2.51. The van der Waals surface area contributed by atoms with Crippen LogP contribution in [0.5, 0.6) is 5.75 Å². The van der Waals surface area contributed by atoms with E-state index in [-0.39, 0.29) is 31.6 Å². The molecule has 368 valence electrons. The Morgan fingerprint density at radius 3 is 2.56 bits per heavy atom. The van der Waals surface area contributed by atoms with Gasteiger partial charge in [-0.15, -0.1) is 0 Å². The molecule has 68 heavy (non-hydrogen) atoms. The number of carboxylic acids is 1. The number of amides is 2. The van der Waals surface area contributed by atoms with Crippen LogP contribution in [-0.4, -0.2) is 161 Å². The largest absolute Gasteiger partial charge is 0.496 e. The van der Waals surface area contributed by atoms with Gasteiger partial charge >= 0.3 is 12.1 Å². The summed E-state index contributed by atoms with van der Waals surface area (Å²) in [6, 6.07) is 10.9. The number of ether oxygens (including phenoxy) is 3. The molecule has 3 aromatic rings. The van der Waals surface area contributed by atoms with Gasteiger partial charge in [0.25, 0.3) is 12.4 Å². The zero-order valence-electron chi connectivity index (χ0n) is 39.1. The number of nitrogens with one attached hydrogen (secondary N) is 3. The molecule has 3 fully saturated rings. The third-order valence-corrected chi connectivity index (χ3v) is 18.7. The van der Waals surface area contributed by atoms with E-state index in [0.717, 1.165) is 46.4 Å². The Morgan fingerprint density at radius 1 is 1.01 bits per heavy atom. The van der Waals surface area contributed by atoms with Crippen LogP contribution in [0.4, 0.5) is 10.5 Å². The van der Waals surface area contributed by atoms with Gasteiger partial charge in [-0.2, -0.15) is 0 Å². The molecule has 1 aromatic heterocycles. The van der Waals surface area contributed by atoms with Crippen LogP contribution in [0.15, 0.2) is 48.6 Å². The Morgan fingerprint density at radius 2 is 1.81 bits per heavy atom. The molecule has 17 nitrogen and oxygen atoms in total. The van der Waals surface area contributed by atoms with Gasteiger partial charge in [0.05, 0.1) is 30.6 Å². The quantitative estimate of drug-likeness (QED) is 0.0378. The van der Waals surface area contributed by atoms with Crippen molar-refractivity contribution in [3.63, 3.8) is 0 Å². The number of hydrazine groups is 1. The van der Waals surface area contributed by atoms with Crippen LogP contribution in [0.25, 0.3) is 10.9 Å². The van der Waals surface area contributed by atoms with Gasteiger partial charge in [0.2, 0.25) is 0 Å². The van der Waals surface area contributed by atoms with E-state index in [1.807, 2.05) is 56.1 Å². The molecule has 19 heteroatoms. The maximum Gasteiger partial charge on any atom is 0.426 e. The number of H-pyrrole nitrogens is 1. The van der Waals surface area contributed by atoms with Crippen LogP contribution < -0.4 is 20.5 Å². The number of aliphatic carboxylic acids is 1. The minimum absolute atomic E-state index is 0.0123. The number of aromatic nitrogens is 1. The monoisotopic (exact) mass is 976 g/mol. The standard InChI is InChI=1S/C49H64N6O11S2/c1-5-45(62)24-30-25-47(28-65-29-56,39-32(12-17-54(26-30)27-45)31-10-7-8-11-35(31)50-39)34-22-33-36(23-37(34)64-4)53(3)41-48(33)15-18-55-16-9-14-46(6-2,40(48)55)42(59)49(41,63)43(60)51-52-44(61)66-19-21-68-67-20-13-38(57)58/h7-11,14,22-23,29-30,40-42,50,59,62-63H,5-6,12-13,15-21,24-28H2,1-4H3,(H,51,60)(H,52,61)(H,57,58)/t30?,40-,41+,42+,45-,46+,47-,48+,49-/m0/s1. The lowest BCUT2D eigenvalue weighted by atomic mass is 9.47. The zero-order chi connectivity index (χ0) is 48.2. The molecule has 5 aliphatic heterocycles. The summed E-state index contributed by atoms with van der Waals surface area (Å²) in [5.74, 6) is -0.629. The van der Waals surface area contributed by atoms with Crippen molar-refractivity contribution in [3.8, 4) is 5.75 Å². The molecule has 1 spiro atoms. The SMILES string of the molecule is CC[C@]1(O)CC2CN(CCc3c([nH]c4ccccc34)[C@@](COC=O)(c3cc4c(cc3OC)N(C)[C@H]3[C@@](O)(C(=O)NNC(=O)OCCSSCCC(=O)O)[C@H](O)[C@]5(CC)C=CCN6CC[C@]43[C@@H]65)C2)C1. The minimum Gasteiger partial charge on any atom is -0.496 e. The number of piperidine rings is 1. The van der Waals surface area contributed by atoms with Gasteiger partial charge in [0, 0.05) is 95.5 Å². The second-order valence-electron chi connectivity index (χ2n) is 19.7. The van der Waals surface area contributed by atoms with Crippen molar-refractivity contribution in [1.82, 2.24) is 25.6 Å². The lowest BCUT2D eigenvalue weighted by Gasteiger charge is -2.63. The Labute approximate surface area is 404 Å². The molecule has 6 heterocycles. The topological polar surface area (TPSA) is 226 Å². The Balaban J connectivity index is 1.17. The highest BCUT2D eigenvalue weighted by Crippen LogP contribution is 2.67. The lowest BCUT2D eigenvalue weighted by molar-refractivity contribution is -0.204. The second-order valence-corrected chi connectivity index (χ2v) is 22.4. The summed E-state index contributed by atoms with van der Waals surface area (Å²) in [6.45, 7) is 7.67. The van der Waals surface area contributed by atoms with Gasteiger partial charge in [0.1, 0.15) is 25.1 Å². The first-order valence-electron chi connectivity index (χ1n) is 23.7. The number of carboxylic acid groups (broad SMARTS) is 1. The Kier molecular flexibility index (Phi) is 13.3. The summed E-state index contributed by atoms with van der Waals surface area (Å²) in [4.78, 5) is 61.6. The molecule has 2 amide bonds. The normalized spacial score (nSPS) is 33.5. The highest BCUT2D eigenvalue weighted by molar-refractivity contribution is 8.76. The summed E-state index contributed by atoms with van der Waals surface area (Å²) in [5, 5.41) is 48.2. The summed E-state index contributed by atoms with van der Waals surface area (Å²) in [6.07, 6.45) is 4.60. The van der Waals surface area contributed by atoms with Crippen LogP contribution in [0.1, 0.15) is 74.8 Å². The third-order valence-electron chi connectivity index (χ3n) is 16.4. The molecular formula is C49H64N6O11S2. The maximum absolute atomic E-state index is 14.9. The van der Waals surface area contributed by atoms with E-state index in [4.69, 9.17) is 19.3 Å². The first kappa shape index (κ1) is 48.5. The Bertz CT molecular complexity index is 2470. The number of hydrogen-bond acceptors (Lipinski definition) is 15. The molecule has 7 N–H and O–H groups in total. The highest BCUT2D eigenvalue weighted by Gasteiger charge is 2.78. The Hall–Kier alpha value is -4.50. The number of aliphatic hydroxyl groups excluding tert-OH is 1. The van der Waals surface area contributed by atoms with Crippen LogP contribution in [-0.2, 0) is 41.1 Å². The molecule has 6 aliphatic rings. The number of aromatic amines is 1.